The van der Waals surface area contributed by atoms with E-state index < -0.39 is 0 Å². The lowest BCUT2D eigenvalue weighted by atomic mass is 10.1. The highest BCUT2D eigenvalue weighted by Gasteiger charge is 1.99. The van der Waals surface area contributed by atoms with Crippen LogP contribution in [0.1, 0.15) is 11.1 Å². The molecule has 0 N–H and O–H groups in total. The summed E-state index contributed by atoms with van der Waals surface area (Å²) in [7, 11) is 0. The van der Waals surface area contributed by atoms with Crippen LogP contribution in [0.25, 0.3) is 10.9 Å². The van der Waals surface area contributed by atoms with Gasteiger partial charge >= 0.3 is 0 Å². The third kappa shape index (κ3) is 2.74. The normalized spacial score (nSPS) is 10.6. The SMILES string of the molecule is Cc1cnc2ccc(OCc3ccccc3)cc2c1. The second-order valence-corrected chi connectivity index (χ2v) is 4.64. The molecule has 0 spiro atoms. The highest BCUT2D eigenvalue weighted by Crippen LogP contribution is 2.21. The van der Waals surface area contributed by atoms with E-state index in [1.807, 2.05) is 49.5 Å². The summed E-state index contributed by atoms with van der Waals surface area (Å²) < 4.78 is 5.81. The third-order valence-electron chi connectivity index (χ3n) is 3.04. The van der Waals surface area contributed by atoms with Crippen molar-refractivity contribution in [3.63, 3.8) is 0 Å². The molecule has 0 aliphatic carbocycles. The number of fused-ring (bicyclic) bond motifs is 1. The van der Waals surface area contributed by atoms with Crippen molar-refractivity contribution in [1.29, 1.82) is 0 Å². The molecule has 2 aromatic carbocycles. The molecule has 0 fully saturated rings. The van der Waals surface area contributed by atoms with Crippen LogP contribution in [0.4, 0.5) is 0 Å². The largest absolute Gasteiger partial charge is 0.489 e. The average molecular weight is 249 g/mol. The second kappa shape index (κ2) is 5.11. The molecule has 1 heterocycles. The minimum Gasteiger partial charge on any atom is -0.489 e. The summed E-state index contributed by atoms with van der Waals surface area (Å²) >= 11 is 0. The van der Waals surface area contributed by atoms with Crippen LogP contribution in [0.2, 0.25) is 0 Å². The first-order valence-corrected chi connectivity index (χ1v) is 6.34. The Morgan fingerprint density at radius 2 is 1.84 bits per heavy atom. The monoisotopic (exact) mass is 249 g/mol. The number of benzene rings is 2. The van der Waals surface area contributed by atoms with E-state index in [0.717, 1.165) is 22.2 Å². The van der Waals surface area contributed by atoms with Gasteiger partial charge in [-0.05, 0) is 42.3 Å². The maximum atomic E-state index is 5.81. The van der Waals surface area contributed by atoms with Gasteiger partial charge in [-0.25, -0.2) is 0 Å². The Hall–Kier alpha value is -2.35. The molecule has 19 heavy (non-hydrogen) atoms. The molecule has 0 saturated carbocycles. The van der Waals surface area contributed by atoms with E-state index in [4.69, 9.17) is 4.74 Å². The van der Waals surface area contributed by atoms with Gasteiger partial charge in [-0.2, -0.15) is 0 Å². The van der Waals surface area contributed by atoms with Crippen molar-refractivity contribution in [3.05, 3.63) is 71.9 Å². The minimum atomic E-state index is 0.589. The van der Waals surface area contributed by atoms with Gasteiger partial charge in [0.2, 0.25) is 0 Å². The number of hydrogen-bond acceptors (Lipinski definition) is 2. The highest BCUT2D eigenvalue weighted by atomic mass is 16.5. The van der Waals surface area contributed by atoms with Crippen LogP contribution < -0.4 is 4.74 Å². The van der Waals surface area contributed by atoms with Gasteiger partial charge in [0, 0.05) is 11.6 Å². The molecule has 0 amide bonds. The van der Waals surface area contributed by atoms with Gasteiger partial charge in [-0.3, -0.25) is 4.98 Å². The van der Waals surface area contributed by atoms with E-state index >= 15 is 0 Å². The Labute approximate surface area is 112 Å². The van der Waals surface area contributed by atoms with Gasteiger partial charge < -0.3 is 4.74 Å². The minimum absolute atomic E-state index is 0.589. The van der Waals surface area contributed by atoms with E-state index in [0.29, 0.717) is 6.61 Å². The number of rotatable bonds is 3. The fraction of sp³-hybridized carbons (Fsp3) is 0.118. The third-order valence-corrected chi connectivity index (χ3v) is 3.04. The summed E-state index contributed by atoms with van der Waals surface area (Å²) in [5.41, 5.74) is 3.33. The smallest absolute Gasteiger partial charge is 0.120 e. The zero-order valence-corrected chi connectivity index (χ0v) is 10.8. The Morgan fingerprint density at radius 3 is 2.68 bits per heavy atom. The molecular weight excluding hydrogens is 234 g/mol. The van der Waals surface area contributed by atoms with Crippen LogP contribution in [0.15, 0.2) is 60.8 Å². The number of pyridine rings is 1. The van der Waals surface area contributed by atoms with E-state index in [1.165, 1.54) is 5.56 Å². The zero-order valence-electron chi connectivity index (χ0n) is 10.8. The van der Waals surface area contributed by atoms with Crippen molar-refractivity contribution < 1.29 is 4.74 Å². The van der Waals surface area contributed by atoms with Crippen LogP contribution in [0.3, 0.4) is 0 Å². The summed E-state index contributed by atoms with van der Waals surface area (Å²) in [6, 6.07) is 18.3. The first-order valence-electron chi connectivity index (χ1n) is 6.34. The number of hydrogen-bond donors (Lipinski definition) is 0. The van der Waals surface area contributed by atoms with Crippen molar-refractivity contribution in [3.8, 4) is 5.75 Å². The first kappa shape index (κ1) is 11.7. The van der Waals surface area contributed by atoms with Gasteiger partial charge in [0.25, 0.3) is 0 Å². The molecule has 0 aliphatic rings. The first-order chi connectivity index (χ1) is 9.31. The van der Waals surface area contributed by atoms with Crippen molar-refractivity contribution >= 4 is 10.9 Å². The summed E-state index contributed by atoms with van der Waals surface area (Å²) in [6.07, 6.45) is 1.88. The molecule has 3 aromatic rings. The predicted molar refractivity (Wildman–Crippen MR) is 77.3 cm³/mol. The van der Waals surface area contributed by atoms with E-state index in [2.05, 4.69) is 23.2 Å². The highest BCUT2D eigenvalue weighted by molar-refractivity contribution is 5.80. The molecule has 0 bridgehead atoms. The molecule has 2 nitrogen and oxygen atoms in total. The summed E-state index contributed by atoms with van der Waals surface area (Å²) in [5.74, 6) is 0.878. The lowest BCUT2D eigenvalue weighted by Crippen LogP contribution is -1.95. The van der Waals surface area contributed by atoms with Crippen molar-refractivity contribution in [1.82, 2.24) is 4.98 Å². The van der Waals surface area contributed by atoms with E-state index in [-0.39, 0.29) is 0 Å². The van der Waals surface area contributed by atoms with Gasteiger partial charge in [0.15, 0.2) is 0 Å². The molecule has 2 heteroatoms. The Balaban J connectivity index is 1.81. The number of aryl methyl sites for hydroxylation is 1. The molecule has 0 aliphatic heterocycles. The molecular formula is C17H15NO. The Kier molecular flexibility index (Phi) is 3.15. The van der Waals surface area contributed by atoms with Crippen molar-refractivity contribution in [2.45, 2.75) is 13.5 Å². The summed E-state index contributed by atoms with van der Waals surface area (Å²) in [4.78, 5) is 4.38. The Bertz CT molecular complexity index is 692. The number of nitrogens with zero attached hydrogens (tertiary/aromatic N) is 1. The van der Waals surface area contributed by atoms with Crippen molar-refractivity contribution in [2.24, 2.45) is 0 Å². The quantitative estimate of drug-likeness (QED) is 0.696. The number of aromatic nitrogens is 1. The van der Waals surface area contributed by atoms with Crippen LogP contribution in [-0.2, 0) is 6.61 Å². The summed E-state index contributed by atoms with van der Waals surface area (Å²) in [5, 5.41) is 1.12. The molecule has 0 saturated heterocycles. The van der Waals surface area contributed by atoms with Crippen LogP contribution in [0.5, 0.6) is 5.75 Å². The van der Waals surface area contributed by atoms with Crippen molar-refractivity contribution in [2.75, 3.05) is 0 Å². The van der Waals surface area contributed by atoms with Gasteiger partial charge in [0.05, 0.1) is 5.52 Å². The number of ether oxygens (including phenoxy) is 1. The molecule has 1 aromatic heterocycles. The van der Waals surface area contributed by atoms with Crippen LogP contribution >= 0.6 is 0 Å². The molecule has 94 valence electrons. The van der Waals surface area contributed by atoms with E-state index in [9.17, 15) is 0 Å². The topological polar surface area (TPSA) is 22.1 Å². The van der Waals surface area contributed by atoms with Gasteiger partial charge in [0.1, 0.15) is 12.4 Å². The molecule has 0 atom stereocenters. The van der Waals surface area contributed by atoms with Gasteiger partial charge in [-0.1, -0.05) is 30.3 Å². The fourth-order valence-electron chi connectivity index (χ4n) is 2.05. The van der Waals surface area contributed by atoms with Crippen LogP contribution in [-0.4, -0.2) is 4.98 Å². The molecule has 0 unspecified atom stereocenters. The zero-order chi connectivity index (χ0) is 13.1. The predicted octanol–water partition coefficient (Wildman–Crippen LogP) is 4.12. The lowest BCUT2D eigenvalue weighted by molar-refractivity contribution is 0.306. The molecule has 3 rings (SSSR count). The standard InChI is InChI=1S/C17H15NO/c1-13-9-15-10-16(7-8-17(15)18-11-13)19-12-14-5-3-2-4-6-14/h2-11H,12H2,1H3. The molecule has 0 radical (unpaired) electrons. The van der Waals surface area contributed by atoms with Gasteiger partial charge in [-0.15, -0.1) is 0 Å². The van der Waals surface area contributed by atoms with E-state index in [1.54, 1.807) is 0 Å². The Morgan fingerprint density at radius 1 is 1.00 bits per heavy atom. The average Bonchev–Trinajstić information content (AvgIpc) is 2.46. The lowest BCUT2D eigenvalue weighted by Gasteiger charge is -2.07. The maximum absolute atomic E-state index is 5.81. The fourth-order valence-corrected chi connectivity index (χ4v) is 2.05. The second-order valence-electron chi connectivity index (χ2n) is 4.64. The van der Waals surface area contributed by atoms with Crippen LogP contribution in [0, 0.1) is 6.92 Å². The maximum Gasteiger partial charge on any atom is 0.120 e. The summed E-state index contributed by atoms with van der Waals surface area (Å²) in [6.45, 7) is 2.63.